The molecule has 0 atom stereocenters. The molecular formula is C18H24N2S. The predicted molar refractivity (Wildman–Crippen MR) is 92.0 cm³/mol. The van der Waals surface area contributed by atoms with Crippen LogP contribution in [0.1, 0.15) is 36.3 Å². The molecular weight excluding hydrogens is 276 g/mol. The van der Waals surface area contributed by atoms with E-state index < -0.39 is 0 Å². The molecule has 1 aromatic heterocycles. The van der Waals surface area contributed by atoms with Crippen molar-refractivity contribution in [2.45, 2.75) is 45.8 Å². The zero-order chi connectivity index (χ0) is 14.7. The zero-order valence-electron chi connectivity index (χ0n) is 12.9. The van der Waals surface area contributed by atoms with Crippen LogP contribution in [0.2, 0.25) is 0 Å². The van der Waals surface area contributed by atoms with Gasteiger partial charge in [0.05, 0.1) is 0 Å². The lowest BCUT2D eigenvalue weighted by Gasteiger charge is -2.27. The number of hydrogen-bond donors (Lipinski definition) is 1. The lowest BCUT2D eigenvalue weighted by Crippen LogP contribution is -2.29. The van der Waals surface area contributed by atoms with Crippen LogP contribution in [0.5, 0.6) is 0 Å². The largest absolute Gasteiger partial charge is 0.385 e. The van der Waals surface area contributed by atoms with Crippen molar-refractivity contribution < 1.29 is 0 Å². The normalized spacial score (nSPS) is 14.3. The molecule has 1 aliphatic rings. The van der Waals surface area contributed by atoms with Crippen LogP contribution in [-0.2, 0) is 19.5 Å². The monoisotopic (exact) mass is 300 g/mol. The van der Waals surface area contributed by atoms with E-state index in [9.17, 15) is 0 Å². The maximum absolute atomic E-state index is 3.49. The van der Waals surface area contributed by atoms with Gasteiger partial charge in [0.25, 0.3) is 0 Å². The Morgan fingerprint density at radius 1 is 1.24 bits per heavy atom. The average Bonchev–Trinajstić information content (AvgIpc) is 2.99. The Morgan fingerprint density at radius 3 is 2.90 bits per heavy atom. The molecule has 1 aromatic carbocycles. The summed E-state index contributed by atoms with van der Waals surface area (Å²) in [5, 5.41) is 5.66. The van der Waals surface area contributed by atoms with Gasteiger partial charge in [0.1, 0.15) is 0 Å². The number of anilines is 1. The van der Waals surface area contributed by atoms with Crippen LogP contribution in [0.4, 0.5) is 5.69 Å². The van der Waals surface area contributed by atoms with Crippen LogP contribution in [0, 0.1) is 0 Å². The van der Waals surface area contributed by atoms with E-state index in [0.29, 0.717) is 6.04 Å². The van der Waals surface area contributed by atoms with E-state index in [2.05, 4.69) is 59.8 Å². The van der Waals surface area contributed by atoms with Crippen molar-refractivity contribution in [2.24, 2.45) is 0 Å². The summed E-state index contributed by atoms with van der Waals surface area (Å²) in [6.45, 7) is 7.76. The number of rotatable bonds is 5. The van der Waals surface area contributed by atoms with E-state index in [4.69, 9.17) is 0 Å². The highest BCUT2D eigenvalue weighted by Gasteiger charge is 2.14. The Labute approximate surface area is 131 Å². The first kappa shape index (κ1) is 14.6. The molecule has 21 heavy (non-hydrogen) atoms. The van der Waals surface area contributed by atoms with Gasteiger partial charge in [0.15, 0.2) is 0 Å². The molecule has 0 saturated heterocycles. The second kappa shape index (κ2) is 6.63. The number of nitrogens with one attached hydrogen (secondary N) is 1. The quantitative estimate of drug-likeness (QED) is 0.873. The molecule has 0 amide bonds. The predicted octanol–water partition coefficient (Wildman–Crippen LogP) is 4.52. The molecule has 2 aromatic rings. The van der Waals surface area contributed by atoms with Gasteiger partial charge in [-0.1, -0.05) is 18.2 Å². The minimum Gasteiger partial charge on any atom is -0.385 e. The summed E-state index contributed by atoms with van der Waals surface area (Å²) in [6, 6.07) is 11.9. The van der Waals surface area contributed by atoms with Crippen molar-refractivity contribution in [3.05, 3.63) is 51.7 Å². The summed E-state index contributed by atoms with van der Waals surface area (Å²) in [5.41, 5.74) is 4.25. The number of nitrogens with zero attached hydrogens (tertiary/aromatic N) is 1. The van der Waals surface area contributed by atoms with E-state index >= 15 is 0 Å². The van der Waals surface area contributed by atoms with Crippen molar-refractivity contribution in [1.82, 2.24) is 4.90 Å². The fourth-order valence-corrected chi connectivity index (χ4v) is 3.61. The Kier molecular flexibility index (Phi) is 4.61. The first-order valence-corrected chi connectivity index (χ1v) is 8.72. The Bertz CT molecular complexity index is 575. The summed E-state index contributed by atoms with van der Waals surface area (Å²) in [7, 11) is 0. The average molecular weight is 300 g/mol. The lowest BCUT2D eigenvalue weighted by molar-refractivity contribution is 0.205. The van der Waals surface area contributed by atoms with Crippen LogP contribution in [0.15, 0.2) is 35.7 Å². The van der Waals surface area contributed by atoms with Crippen molar-refractivity contribution in [3.8, 4) is 0 Å². The van der Waals surface area contributed by atoms with E-state index in [1.54, 1.807) is 0 Å². The summed E-state index contributed by atoms with van der Waals surface area (Å²) in [4.78, 5) is 3.99. The zero-order valence-corrected chi connectivity index (χ0v) is 13.7. The molecule has 0 aliphatic carbocycles. The van der Waals surface area contributed by atoms with Crippen LogP contribution in [-0.4, -0.2) is 17.5 Å². The van der Waals surface area contributed by atoms with E-state index in [0.717, 1.165) is 19.6 Å². The Morgan fingerprint density at radius 2 is 2.14 bits per heavy atom. The van der Waals surface area contributed by atoms with Gasteiger partial charge < -0.3 is 5.32 Å². The minimum absolute atomic E-state index is 0.557. The van der Waals surface area contributed by atoms with Crippen molar-refractivity contribution in [2.75, 3.05) is 11.9 Å². The third kappa shape index (κ3) is 3.66. The highest BCUT2D eigenvalue weighted by Crippen LogP contribution is 2.24. The molecule has 2 heterocycles. The maximum atomic E-state index is 3.49. The molecule has 1 N–H and O–H groups in total. The van der Waals surface area contributed by atoms with Crippen LogP contribution >= 0.6 is 11.3 Å². The molecule has 0 saturated carbocycles. The van der Waals surface area contributed by atoms with Crippen molar-refractivity contribution in [3.63, 3.8) is 0 Å². The van der Waals surface area contributed by atoms with Gasteiger partial charge in [0.2, 0.25) is 0 Å². The number of hydrogen-bond acceptors (Lipinski definition) is 3. The van der Waals surface area contributed by atoms with Crippen LogP contribution < -0.4 is 5.32 Å². The minimum atomic E-state index is 0.557. The first-order valence-electron chi connectivity index (χ1n) is 7.84. The second-order valence-corrected chi connectivity index (χ2v) is 7.13. The third-order valence-electron chi connectivity index (χ3n) is 4.16. The standard InChI is InChI=1S/C18H24N2S/c1-14(2)20(13-17-6-4-10-21-17)12-15-7-8-18-16(11-15)5-3-9-19-18/h4,6-8,10-11,14,19H,3,5,9,12-13H2,1-2H3. The maximum Gasteiger partial charge on any atom is 0.0372 e. The van der Waals surface area contributed by atoms with Gasteiger partial charge in [-0.05, 0) is 55.3 Å². The fraction of sp³-hybridized carbons (Fsp3) is 0.444. The lowest BCUT2D eigenvalue weighted by atomic mass is 10.0. The van der Waals surface area contributed by atoms with Gasteiger partial charge in [-0.3, -0.25) is 4.90 Å². The molecule has 0 radical (unpaired) electrons. The highest BCUT2D eigenvalue weighted by atomic mass is 32.1. The molecule has 3 heteroatoms. The molecule has 1 aliphatic heterocycles. The number of benzene rings is 1. The SMILES string of the molecule is CC(C)N(Cc1ccc2c(c1)CCCN2)Cc1cccs1. The first-order chi connectivity index (χ1) is 10.2. The van der Waals surface area contributed by atoms with Gasteiger partial charge in [-0.2, -0.15) is 0 Å². The number of aryl methyl sites for hydroxylation is 1. The number of fused-ring (bicyclic) bond motifs is 1. The van der Waals surface area contributed by atoms with Gasteiger partial charge in [-0.25, -0.2) is 0 Å². The highest BCUT2D eigenvalue weighted by molar-refractivity contribution is 7.09. The summed E-state index contributed by atoms with van der Waals surface area (Å²) in [5.74, 6) is 0. The van der Waals surface area contributed by atoms with E-state index in [-0.39, 0.29) is 0 Å². The number of thiophene rings is 1. The molecule has 0 fully saturated rings. The van der Waals surface area contributed by atoms with Crippen molar-refractivity contribution >= 4 is 17.0 Å². The summed E-state index contributed by atoms with van der Waals surface area (Å²) in [6.07, 6.45) is 2.46. The molecule has 3 rings (SSSR count). The summed E-state index contributed by atoms with van der Waals surface area (Å²) < 4.78 is 0. The van der Waals surface area contributed by atoms with Crippen molar-refractivity contribution in [1.29, 1.82) is 0 Å². The van der Waals surface area contributed by atoms with Crippen LogP contribution in [0.3, 0.4) is 0 Å². The Hall–Kier alpha value is -1.32. The molecule has 0 unspecified atom stereocenters. The van der Waals surface area contributed by atoms with Crippen LogP contribution in [0.25, 0.3) is 0 Å². The molecule has 0 bridgehead atoms. The van der Waals surface area contributed by atoms with Gasteiger partial charge in [-0.15, -0.1) is 11.3 Å². The van der Waals surface area contributed by atoms with Gasteiger partial charge >= 0.3 is 0 Å². The third-order valence-corrected chi connectivity index (χ3v) is 5.02. The Balaban J connectivity index is 1.73. The molecule has 2 nitrogen and oxygen atoms in total. The molecule has 0 spiro atoms. The smallest absolute Gasteiger partial charge is 0.0372 e. The topological polar surface area (TPSA) is 15.3 Å². The van der Waals surface area contributed by atoms with E-state index in [1.807, 2.05) is 11.3 Å². The molecule has 112 valence electrons. The van der Waals surface area contributed by atoms with E-state index in [1.165, 1.54) is 34.5 Å². The fourth-order valence-electron chi connectivity index (χ4n) is 2.88. The summed E-state index contributed by atoms with van der Waals surface area (Å²) >= 11 is 1.85. The van der Waals surface area contributed by atoms with Gasteiger partial charge in [0, 0.05) is 36.2 Å². The second-order valence-electron chi connectivity index (χ2n) is 6.10.